The van der Waals surface area contributed by atoms with Crippen molar-refractivity contribution in [3.63, 3.8) is 0 Å². The van der Waals surface area contributed by atoms with Gasteiger partial charge in [0, 0.05) is 24.8 Å². The van der Waals surface area contributed by atoms with Crippen molar-refractivity contribution in [3.05, 3.63) is 0 Å². The van der Waals surface area contributed by atoms with Gasteiger partial charge in [-0.15, -0.1) is 0 Å². The summed E-state index contributed by atoms with van der Waals surface area (Å²) in [6.45, 7) is 0.847. The second-order valence-corrected chi connectivity index (χ2v) is 4.24. The first-order valence-electron chi connectivity index (χ1n) is 5.01. The fourth-order valence-corrected chi connectivity index (χ4v) is 2.44. The largest absolute Gasteiger partial charge is 0.468 e. The van der Waals surface area contributed by atoms with E-state index in [-0.39, 0.29) is 17.4 Å². The van der Waals surface area contributed by atoms with Gasteiger partial charge in [0.15, 0.2) is 0 Å². The molecule has 0 aromatic rings. The van der Waals surface area contributed by atoms with Gasteiger partial charge in [-0.1, -0.05) is 0 Å². The SMILES string of the molecule is COC(=O)[C@H]1NCC12CCC(=O)CC2. The fourth-order valence-electron chi connectivity index (χ4n) is 2.44. The van der Waals surface area contributed by atoms with Gasteiger partial charge in [0.25, 0.3) is 0 Å². The molecule has 0 unspecified atom stereocenters. The van der Waals surface area contributed by atoms with Gasteiger partial charge in [0.05, 0.1) is 7.11 Å². The standard InChI is InChI=1S/C10H15NO3/c1-14-9(13)8-10(6-11-8)4-2-7(12)3-5-10/h8,11H,2-6H2,1H3/t8-/m1/s1. The normalized spacial score (nSPS) is 29.8. The summed E-state index contributed by atoms with van der Waals surface area (Å²) in [6, 6.07) is -0.180. The molecular weight excluding hydrogens is 182 g/mol. The van der Waals surface area contributed by atoms with Crippen LogP contribution < -0.4 is 5.32 Å². The highest BCUT2D eigenvalue weighted by molar-refractivity contribution is 5.82. The molecule has 1 atom stereocenters. The third-order valence-electron chi connectivity index (χ3n) is 3.51. The van der Waals surface area contributed by atoms with Crippen LogP contribution in [0.25, 0.3) is 0 Å². The van der Waals surface area contributed by atoms with E-state index in [1.54, 1.807) is 0 Å². The van der Waals surface area contributed by atoms with Gasteiger partial charge in [-0.2, -0.15) is 0 Å². The summed E-state index contributed by atoms with van der Waals surface area (Å²) < 4.78 is 4.72. The maximum Gasteiger partial charge on any atom is 0.323 e. The molecule has 2 aliphatic rings. The number of hydrogen-bond acceptors (Lipinski definition) is 4. The molecule has 1 saturated heterocycles. The lowest BCUT2D eigenvalue weighted by molar-refractivity contribution is -0.154. The van der Waals surface area contributed by atoms with Crippen LogP contribution in [0.5, 0.6) is 0 Å². The van der Waals surface area contributed by atoms with Crippen molar-refractivity contribution in [1.82, 2.24) is 5.32 Å². The van der Waals surface area contributed by atoms with Crippen LogP contribution in [-0.2, 0) is 14.3 Å². The van der Waals surface area contributed by atoms with E-state index in [9.17, 15) is 9.59 Å². The number of ketones is 1. The Morgan fingerprint density at radius 3 is 2.57 bits per heavy atom. The lowest BCUT2D eigenvalue weighted by Crippen LogP contribution is -2.67. The van der Waals surface area contributed by atoms with Gasteiger partial charge in [0.1, 0.15) is 11.8 Å². The molecule has 0 amide bonds. The van der Waals surface area contributed by atoms with Crippen molar-refractivity contribution >= 4 is 11.8 Å². The average Bonchev–Trinajstić information content (AvgIpc) is 2.17. The minimum absolute atomic E-state index is 0.0149. The molecular formula is C10H15NO3. The van der Waals surface area contributed by atoms with E-state index in [1.807, 2.05) is 0 Å². The van der Waals surface area contributed by atoms with Gasteiger partial charge in [0.2, 0.25) is 0 Å². The van der Waals surface area contributed by atoms with Crippen molar-refractivity contribution in [2.75, 3.05) is 13.7 Å². The van der Waals surface area contributed by atoms with Gasteiger partial charge in [-0.05, 0) is 12.8 Å². The van der Waals surface area contributed by atoms with Crippen LogP contribution in [0.1, 0.15) is 25.7 Å². The third kappa shape index (κ3) is 1.34. The van der Waals surface area contributed by atoms with Crippen LogP contribution in [0.15, 0.2) is 0 Å². The van der Waals surface area contributed by atoms with E-state index in [2.05, 4.69) is 5.32 Å². The molecule has 1 saturated carbocycles. The fraction of sp³-hybridized carbons (Fsp3) is 0.800. The predicted molar refractivity (Wildman–Crippen MR) is 49.7 cm³/mol. The highest BCUT2D eigenvalue weighted by Gasteiger charge is 2.52. The zero-order chi connectivity index (χ0) is 10.2. The minimum atomic E-state index is -0.189. The summed E-state index contributed by atoms with van der Waals surface area (Å²) in [6.07, 6.45) is 2.90. The molecule has 78 valence electrons. The Balaban J connectivity index is 2.03. The topological polar surface area (TPSA) is 55.4 Å². The van der Waals surface area contributed by atoms with Crippen LogP contribution >= 0.6 is 0 Å². The highest BCUT2D eigenvalue weighted by Crippen LogP contribution is 2.43. The Bertz CT molecular complexity index is 265. The molecule has 1 spiro atoms. The first-order chi connectivity index (χ1) is 6.68. The Kier molecular flexibility index (Phi) is 2.31. The van der Waals surface area contributed by atoms with E-state index in [4.69, 9.17) is 4.74 Å². The van der Waals surface area contributed by atoms with E-state index < -0.39 is 0 Å². The number of rotatable bonds is 1. The number of esters is 1. The molecule has 4 nitrogen and oxygen atoms in total. The number of carbonyl (C=O) groups is 2. The number of methoxy groups -OCH3 is 1. The van der Waals surface area contributed by atoms with Gasteiger partial charge in [-0.25, -0.2) is 0 Å². The van der Waals surface area contributed by atoms with E-state index in [0.29, 0.717) is 18.6 Å². The van der Waals surface area contributed by atoms with Gasteiger partial charge in [-0.3, -0.25) is 9.59 Å². The molecule has 2 rings (SSSR count). The number of nitrogens with one attached hydrogen (secondary N) is 1. The Hall–Kier alpha value is -0.900. The molecule has 0 bridgehead atoms. The summed E-state index contributed by atoms with van der Waals surface area (Å²) in [5.41, 5.74) is 0.0149. The zero-order valence-electron chi connectivity index (χ0n) is 8.34. The van der Waals surface area contributed by atoms with Crippen molar-refractivity contribution < 1.29 is 14.3 Å². The summed E-state index contributed by atoms with van der Waals surface area (Å²) in [5.74, 6) is 0.136. The molecule has 14 heavy (non-hydrogen) atoms. The molecule has 1 heterocycles. The smallest absolute Gasteiger partial charge is 0.323 e. The molecule has 4 heteroatoms. The monoisotopic (exact) mass is 197 g/mol. The molecule has 1 aliphatic carbocycles. The quantitative estimate of drug-likeness (QED) is 0.613. The predicted octanol–water partition coefficient (Wildman–Crippen LogP) is 0.261. The van der Waals surface area contributed by atoms with Gasteiger partial charge < -0.3 is 10.1 Å². The molecule has 0 aromatic heterocycles. The lowest BCUT2D eigenvalue weighted by atomic mass is 9.64. The zero-order valence-corrected chi connectivity index (χ0v) is 8.34. The Morgan fingerprint density at radius 2 is 2.14 bits per heavy atom. The second kappa shape index (κ2) is 3.35. The van der Waals surface area contributed by atoms with E-state index in [1.165, 1.54) is 7.11 Å². The summed E-state index contributed by atoms with van der Waals surface area (Å²) in [7, 11) is 1.41. The van der Waals surface area contributed by atoms with Crippen molar-refractivity contribution in [2.45, 2.75) is 31.7 Å². The molecule has 0 radical (unpaired) electrons. The van der Waals surface area contributed by atoms with Crippen molar-refractivity contribution in [2.24, 2.45) is 5.41 Å². The van der Waals surface area contributed by atoms with Crippen molar-refractivity contribution in [3.8, 4) is 0 Å². The summed E-state index contributed by atoms with van der Waals surface area (Å²) in [5, 5.41) is 3.09. The molecule has 1 aliphatic heterocycles. The average molecular weight is 197 g/mol. The maximum absolute atomic E-state index is 11.4. The Labute approximate surface area is 83.0 Å². The highest BCUT2D eigenvalue weighted by atomic mass is 16.5. The molecule has 2 fully saturated rings. The number of hydrogen-bond donors (Lipinski definition) is 1. The molecule has 0 aromatic carbocycles. The number of Topliss-reactive ketones (excluding diaryl/α,β-unsaturated/α-hetero) is 1. The van der Waals surface area contributed by atoms with Crippen LogP contribution in [-0.4, -0.2) is 31.4 Å². The maximum atomic E-state index is 11.4. The van der Waals surface area contributed by atoms with Crippen molar-refractivity contribution in [1.29, 1.82) is 0 Å². The van der Waals surface area contributed by atoms with Gasteiger partial charge >= 0.3 is 5.97 Å². The molecule has 1 N–H and O–H groups in total. The lowest BCUT2D eigenvalue weighted by Gasteiger charge is -2.50. The number of carbonyl (C=O) groups excluding carboxylic acids is 2. The van der Waals surface area contributed by atoms with Crippen LogP contribution in [0.2, 0.25) is 0 Å². The summed E-state index contributed by atoms with van der Waals surface area (Å²) >= 11 is 0. The first kappa shape index (κ1) is 9.65. The van der Waals surface area contributed by atoms with Crippen LogP contribution in [0.4, 0.5) is 0 Å². The first-order valence-corrected chi connectivity index (χ1v) is 5.01. The van der Waals surface area contributed by atoms with Crippen LogP contribution in [0, 0.1) is 5.41 Å². The summed E-state index contributed by atoms with van der Waals surface area (Å²) in [4.78, 5) is 22.5. The Morgan fingerprint density at radius 1 is 1.50 bits per heavy atom. The minimum Gasteiger partial charge on any atom is -0.468 e. The third-order valence-corrected chi connectivity index (χ3v) is 3.51. The van der Waals surface area contributed by atoms with E-state index >= 15 is 0 Å². The van der Waals surface area contributed by atoms with E-state index in [0.717, 1.165) is 19.4 Å². The second-order valence-electron chi connectivity index (χ2n) is 4.24. The number of ether oxygens (including phenoxy) is 1. The van der Waals surface area contributed by atoms with Crippen LogP contribution in [0.3, 0.4) is 0 Å².